The number of sulfonamides is 1. The Kier molecular flexibility index (Phi) is 5.05. The van der Waals surface area contributed by atoms with E-state index in [1.54, 1.807) is 31.4 Å². The first kappa shape index (κ1) is 19.4. The van der Waals surface area contributed by atoms with Gasteiger partial charge in [-0.1, -0.05) is 26.0 Å². The summed E-state index contributed by atoms with van der Waals surface area (Å²) in [5.74, 6) is 1.94. The second kappa shape index (κ2) is 7.01. The first-order valence-corrected chi connectivity index (χ1v) is 10.1. The van der Waals surface area contributed by atoms with Gasteiger partial charge in [-0.3, -0.25) is 0 Å². The Labute approximate surface area is 159 Å². The highest BCUT2D eigenvalue weighted by Gasteiger charge is 2.58. The highest BCUT2D eigenvalue weighted by Crippen LogP contribution is 2.64. The van der Waals surface area contributed by atoms with Crippen molar-refractivity contribution >= 4 is 10.0 Å². The molecular weight excluding hydrogens is 368 g/mol. The van der Waals surface area contributed by atoms with E-state index in [0.29, 0.717) is 24.1 Å². The zero-order chi connectivity index (χ0) is 19.8. The third-order valence-electron chi connectivity index (χ3n) is 5.24. The molecule has 0 aliphatic heterocycles. The van der Waals surface area contributed by atoms with Crippen molar-refractivity contribution < 1.29 is 22.6 Å². The van der Waals surface area contributed by atoms with Gasteiger partial charge in [-0.15, -0.1) is 0 Å². The standard InChI is InChI=1S/C19H24N2O5S/c1-19(2)14(11-26-15-9-10-16(24-3)21-18(15)25-4)17(19)12-5-7-13(8-6-12)27(20,22)23/h5-10,14,17H,11H2,1-4H3,(H2,20,22,23)/t14-,17-/m0/s1. The maximum absolute atomic E-state index is 11.4. The van der Waals surface area contributed by atoms with Gasteiger partial charge in [0.25, 0.3) is 5.88 Å². The minimum Gasteiger partial charge on any atom is -0.488 e. The van der Waals surface area contributed by atoms with Crippen molar-refractivity contribution in [3.05, 3.63) is 42.0 Å². The van der Waals surface area contributed by atoms with E-state index in [9.17, 15) is 8.42 Å². The van der Waals surface area contributed by atoms with Crippen molar-refractivity contribution in [1.29, 1.82) is 0 Å². The number of rotatable bonds is 7. The monoisotopic (exact) mass is 392 g/mol. The molecule has 3 rings (SSSR count). The third kappa shape index (κ3) is 3.86. The molecule has 146 valence electrons. The fraction of sp³-hybridized carbons (Fsp3) is 0.421. The van der Waals surface area contributed by atoms with Crippen LogP contribution in [0.15, 0.2) is 41.3 Å². The van der Waals surface area contributed by atoms with Gasteiger partial charge in [-0.25, -0.2) is 13.6 Å². The maximum Gasteiger partial charge on any atom is 0.260 e. The van der Waals surface area contributed by atoms with E-state index in [0.717, 1.165) is 5.56 Å². The topological polar surface area (TPSA) is 101 Å². The van der Waals surface area contributed by atoms with E-state index in [4.69, 9.17) is 19.3 Å². The Hall–Kier alpha value is -2.32. The molecule has 1 heterocycles. The van der Waals surface area contributed by atoms with Crippen LogP contribution in [0.1, 0.15) is 25.3 Å². The predicted octanol–water partition coefficient (Wildman–Crippen LogP) is 2.56. The first-order valence-electron chi connectivity index (χ1n) is 8.53. The third-order valence-corrected chi connectivity index (χ3v) is 6.17. The van der Waals surface area contributed by atoms with Crippen molar-refractivity contribution in [2.75, 3.05) is 20.8 Å². The second-order valence-corrected chi connectivity index (χ2v) is 8.75. The van der Waals surface area contributed by atoms with Crippen LogP contribution in [0.3, 0.4) is 0 Å². The van der Waals surface area contributed by atoms with Gasteiger partial charge >= 0.3 is 0 Å². The number of ether oxygens (including phenoxy) is 3. The summed E-state index contributed by atoms with van der Waals surface area (Å²) in [6, 6.07) is 10.2. The lowest BCUT2D eigenvalue weighted by Gasteiger charge is -2.11. The van der Waals surface area contributed by atoms with Crippen LogP contribution in [-0.4, -0.2) is 34.2 Å². The molecule has 1 aliphatic rings. The molecule has 27 heavy (non-hydrogen) atoms. The van der Waals surface area contributed by atoms with Crippen LogP contribution >= 0.6 is 0 Å². The summed E-state index contributed by atoms with van der Waals surface area (Å²) in [5, 5.41) is 5.16. The second-order valence-electron chi connectivity index (χ2n) is 7.19. The molecule has 0 saturated heterocycles. The molecule has 1 fully saturated rings. The molecule has 0 unspecified atom stereocenters. The lowest BCUT2D eigenvalue weighted by molar-refractivity contribution is 0.257. The Bertz CT molecular complexity index is 926. The van der Waals surface area contributed by atoms with Gasteiger partial charge in [-0.05, 0) is 35.1 Å². The Morgan fingerprint density at radius 1 is 1.07 bits per heavy atom. The lowest BCUT2D eigenvalue weighted by atomic mass is 10.0. The van der Waals surface area contributed by atoms with Crippen molar-refractivity contribution in [1.82, 2.24) is 4.98 Å². The molecule has 0 amide bonds. The van der Waals surface area contributed by atoms with Crippen LogP contribution in [0.4, 0.5) is 0 Å². The number of hydrogen-bond donors (Lipinski definition) is 1. The van der Waals surface area contributed by atoms with Crippen molar-refractivity contribution in [3.63, 3.8) is 0 Å². The molecule has 1 aromatic heterocycles. The summed E-state index contributed by atoms with van der Waals surface area (Å²) in [5.41, 5.74) is 1.11. The number of benzene rings is 1. The van der Waals surface area contributed by atoms with Crippen LogP contribution in [0.25, 0.3) is 0 Å². The highest BCUT2D eigenvalue weighted by atomic mass is 32.2. The fourth-order valence-electron chi connectivity index (χ4n) is 3.54. The average Bonchev–Trinajstić information content (AvgIpc) is 3.19. The summed E-state index contributed by atoms with van der Waals surface area (Å²) in [7, 11) is -0.607. The van der Waals surface area contributed by atoms with E-state index in [1.165, 1.54) is 7.11 Å². The summed E-state index contributed by atoms with van der Waals surface area (Å²) >= 11 is 0. The quantitative estimate of drug-likeness (QED) is 0.777. The summed E-state index contributed by atoms with van der Waals surface area (Å²) in [4.78, 5) is 4.33. The smallest absolute Gasteiger partial charge is 0.260 e. The SMILES string of the molecule is COc1ccc(OC[C@H]2[C@H](c3ccc(S(N)(=O)=O)cc3)C2(C)C)c(OC)n1. The largest absolute Gasteiger partial charge is 0.488 e. The normalized spacial score (nSPS) is 20.8. The predicted molar refractivity (Wildman–Crippen MR) is 101 cm³/mol. The molecule has 0 radical (unpaired) electrons. The number of pyridine rings is 1. The van der Waals surface area contributed by atoms with Crippen molar-refractivity contribution in [2.45, 2.75) is 24.7 Å². The molecule has 2 aromatic rings. The Balaban J connectivity index is 1.72. The molecule has 2 atom stereocenters. The summed E-state index contributed by atoms with van der Waals surface area (Å²) < 4.78 is 39.2. The van der Waals surface area contributed by atoms with Gasteiger partial charge in [0, 0.05) is 12.0 Å². The molecule has 0 spiro atoms. The molecule has 7 nitrogen and oxygen atoms in total. The van der Waals surface area contributed by atoms with Crippen LogP contribution in [0.2, 0.25) is 0 Å². The van der Waals surface area contributed by atoms with Gasteiger partial charge in [0.15, 0.2) is 5.75 Å². The van der Waals surface area contributed by atoms with Gasteiger partial charge in [0.05, 0.1) is 25.7 Å². The number of nitrogens with zero attached hydrogens (tertiary/aromatic N) is 1. The highest BCUT2D eigenvalue weighted by molar-refractivity contribution is 7.89. The molecule has 2 N–H and O–H groups in total. The first-order chi connectivity index (χ1) is 12.7. The maximum atomic E-state index is 11.4. The Morgan fingerprint density at radius 3 is 2.30 bits per heavy atom. The molecule has 8 heteroatoms. The fourth-order valence-corrected chi connectivity index (χ4v) is 4.06. The Morgan fingerprint density at radius 2 is 1.74 bits per heavy atom. The summed E-state index contributed by atoms with van der Waals surface area (Å²) in [6.07, 6.45) is 0. The minimum atomic E-state index is -3.68. The zero-order valence-electron chi connectivity index (χ0n) is 15.8. The number of nitrogens with two attached hydrogens (primary N) is 1. The van der Waals surface area contributed by atoms with E-state index in [1.807, 2.05) is 12.1 Å². The number of aromatic nitrogens is 1. The van der Waals surface area contributed by atoms with E-state index < -0.39 is 10.0 Å². The molecule has 1 aliphatic carbocycles. The number of primary sulfonamides is 1. The minimum absolute atomic E-state index is 0.0379. The van der Waals surface area contributed by atoms with E-state index in [2.05, 4.69) is 18.8 Å². The van der Waals surface area contributed by atoms with Gasteiger partial charge in [-0.2, -0.15) is 4.98 Å². The van der Waals surface area contributed by atoms with Gasteiger partial charge in [0.2, 0.25) is 15.9 Å². The van der Waals surface area contributed by atoms with Crippen LogP contribution in [-0.2, 0) is 10.0 Å². The number of hydrogen-bond acceptors (Lipinski definition) is 6. The van der Waals surface area contributed by atoms with Crippen molar-refractivity contribution in [2.24, 2.45) is 16.5 Å². The van der Waals surface area contributed by atoms with Gasteiger partial charge < -0.3 is 14.2 Å². The van der Waals surface area contributed by atoms with E-state index in [-0.39, 0.29) is 22.1 Å². The van der Waals surface area contributed by atoms with Crippen LogP contribution in [0, 0.1) is 11.3 Å². The number of methoxy groups -OCH3 is 2. The molecule has 1 aromatic carbocycles. The van der Waals surface area contributed by atoms with Crippen LogP contribution < -0.4 is 19.3 Å². The van der Waals surface area contributed by atoms with E-state index >= 15 is 0 Å². The summed E-state index contributed by atoms with van der Waals surface area (Å²) in [6.45, 7) is 4.84. The molecular formula is C19H24N2O5S. The zero-order valence-corrected chi connectivity index (χ0v) is 16.6. The lowest BCUT2D eigenvalue weighted by Crippen LogP contribution is -2.11. The molecule has 0 bridgehead atoms. The van der Waals surface area contributed by atoms with Crippen molar-refractivity contribution in [3.8, 4) is 17.5 Å². The van der Waals surface area contributed by atoms with Crippen LogP contribution in [0.5, 0.6) is 17.5 Å². The van der Waals surface area contributed by atoms with Gasteiger partial charge in [0.1, 0.15) is 0 Å². The molecule has 1 saturated carbocycles. The average molecular weight is 392 g/mol.